The van der Waals surface area contributed by atoms with E-state index in [2.05, 4.69) is 24.0 Å². The predicted molar refractivity (Wildman–Crippen MR) is 88.9 cm³/mol. The first-order valence-corrected chi connectivity index (χ1v) is 7.77. The third-order valence-electron chi connectivity index (χ3n) is 4.46. The molecule has 0 radical (unpaired) electrons. The Labute approximate surface area is 134 Å². The molecule has 0 saturated carbocycles. The summed E-state index contributed by atoms with van der Waals surface area (Å²) in [6.07, 6.45) is 4.77. The summed E-state index contributed by atoms with van der Waals surface area (Å²) in [6, 6.07) is 8.18. The first kappa shape index (κ1) is 18.4. The van der Waals surface area contributed by atoms with Crippen molar-refractivity contribution >= 4 is 12.4 Å². The van der Waals surface area contributed by atoms with Crippen LogP contribution in [0.1, 0.15) is 43.2 Å². The number of benzene rings is 1. The minimum atomic E-state index is -0.646. The van der Waals surface area contributed by atoms with Crippen LogP contribution in [-0.4, -0.2) is 41.4 Å². The molecule has 0 unspecified atom stereocenters. The minimum Gasteiger partial charge on any atom is -0.396 e. The van der Waals surface area contributed by atoms with Gasteiger partial charge in [-0.2, -0.15) is 0 Å². The van der Waals surface area contributed by atoms with Gasteiger partial charge in [-0.25, -0.2) is 0 Å². The fourth-order valence-corrected chi connectivity index (χ4v) is 3.13. The average Bonchev–Trinajstić information content (AvgIpc) is 2.46. The molecule has 21 heavy (non-hydrogen) atoms. The van der Waals surface area contributed by atoms with Gasteiger partial charge in [0.25, 0.3) is 0 Å². The molecule has 0 atom stereocenters. The lowest BCUT2D eigenvalue weighted by molar-refractivity contribution is -0.0265. The number of aliphatic hydroxyl groups is 2. The van der Waals surface area contributed by atoms with Crippen LogP contribution in [0.4, 0.5) is 0 Å². The zero-order valence-electron chi connectivity index (χ0n) is 12.9. The van der Waals surface area contributed by atoms with Crippen molar-refractivity contribution < 1.29 is 10.2 Å². The fourth-order valence-electron chi connectivity index (χ4n) is 3.13. The third-order valence-corrected chi connectivity index (χ3v) is 4.46. The third kappa shape index (κ3) is 4.96. The van der Waals surface area contributed by atoms with Crippen LogP contribution in [0.5, 0.6) is 0 Å². The van der Waals surface area contributed by atoms with Crippen molar-refractivity contribution in [2.45, 2.75) is 44.6 Å². The Morgan fingerprint density at radius 1 is 1.10 bits per heavy atom. The highest BCUT2D eigenvalue weighted by atomic mass is 35.5. The van der Waals surface area contributed by atoms with Gasteiger partial charge in [0.1, 0.15) is 0 Å². The van der Waals surface area contributed by atoms with Gasteiger partial charge in [0.05, 0.1) is 5.60 Å². The molecule has 2 N–H and O–H groups in total. The van der Waals surface area contributed by atoms with Gasteiger partial charge in [0.2, 0.25) is 0 Å². The van der Waals surface area contributed by atoms with E-state index in [4.69, 9.17) is 5.11 Å². The van der Waals surface area contributed by atoms with E-state index in [1.807, 2.05) is 12.1 Å². The van der Waals surface area contributed by atoms with E-state index >= 15 is 0 Å². The van der Waals surface area contributed by atoms with Crippen molar-refractivity contribution in [2.24, 2.45) is 0 Å². The topological polar surface area (TPSA) is 43.7 Å². The van der Waals surface area contributed by atoms with Gasteiger partial charge < -0.3 is 15.1 Å². The molecule has 0 spiro atoms. The summed E-state index contributed by atoms with van der Waals surface area (Å²) in [5.74, 6) is 0. The molecule has 0 aliphatic carbocycles. The summed E-state index contributed by atoms with van der Waals surface area (Å²) >= 11 is 0. The molecule has 1 aromatic rings. The number of likely N-dealkylation sites (tertiary alicyclic amines) is 1. The number of piperidine rings is 1. The maximum atomic E-state index is 10.9. The highest BCUT2D eigenvalue weighted by Crippen LogP contribution is 2.34. The second-order valence-electron chi connectivity index (χ2n) is 5.97. The summed E-state index contributed by atoms with van der Waals surface area (Å²) in [5.41, 5.74) is 1.64. The Hall–Kier alpha value is -0.610. The van der Waals surface area contributed by atoms with E-state index in [1.54, 1.807) is 0 Å². The van der Waals surface area contributed by atoms with E-state index in [9.17, 15) is 5.11 Å². The van der Waals surface area contributed by atoms with E-state index < -0.39 is 5.60 Å². The Morgan fingerprint density at radius 2 is 1.76 bits per heavy atom. The largest absolute Gasteiger partial charge is 0.396 e. The quantitative estimate of drug-likeness (QED) is 0.794. The van der Waals surface area contributed by atoms with Crippen LogP contribution in [-0.2, 0) is 5.60 Å². The lowest BCUT2D eigenvalue weighted by atomic mass is 9.82. The minimum absolute atomic E-state index is 0. The van der Waals surface area contributed by atoms with Gasteiger partial charge in [-0.05, 0) is 56.7 Å². The van der Waals surface area contributed by atoms with Crippen molar-refractivity contribution in [1.82, 2.24) is 4.90 Å². The van der Waals surface area contributed by atoms with Crippen LogP contribution >= 0.6 is 12.4 Å². The summed E-state index contributed by atoms with van der Waals surface area (Å²) < 4.78 is 0. The number of aliphatic hydroxyl groups excluding tert-OH is 1. The Kier molecular flexibility index (Phi) is 7.67. The van der Waals surface area contributed by atoms with Gasteiger partial charge in [0, 0.05) is 19.7 Å². The molecule has 0 amide bonds. The van der Waals surface area contributed by atoms with E-state index in [1.165, 1.54) is 5.56 Å². The lowest BCUT2D eigenvalue weighted by Gasteiger charge is -2.39. The van der Waals surface area contributed by atoms with Crippen LogP contribution in [0.3, 0.4) is 0 Å². The Morgan fingerprint density at radius 3 is 2.38 bits per heavy atom. The smallest absolute Gasteiger partial charge is 0.0923 e. The van der Waals surface area contributed by atoms with Crippen molar-refractivity contribution in [3.05, 3.63) is 35.4 Å². The SMILES string of the molecule is Cc1ccccc1C1(O)CCN(CCCCCO)CC1.Cl. The molecule has 4 heteroatoms. The van der Waals surface area contributed by atoms with E-state index in [-0.39, 0.29) is 12.4 Å². The van der Waals surface area contributed by atoms with Crippen molar-refractivity contribution in [2.75, 3.05) is 26.2 Å². The van der Waals surface area contributed by atoms with Crippen molar-refractivity contribution in [3.63, 3.8) is 0 Å². The second kappa shape index (κ2) is 8.74. The molecular weight excluding hydrogens is 286 g/mol. The number of unbranched alkanes of at least 4 members (excludes halogenated alkanes) is 2. The molecule has 0 bridgehead atoms. The van der Waals surface area contributed by atoms with Crippen LogP contribution < -0.4 is 0 Å². The van der Waals surface area contributed by atoms with Gasteiger partial charge in [0.15, 0.2) is 0 Å². The van der Waals surface area contributed by atoms with Gasteiger partial charge >= 0.3 is 0 Å². The lowest BCUT2D eigenvalue weighted by Crippen LogP contribution is -2.43. The second-order valence-corrected chi connectivity index (χ2v) is 5.97. The molecule has 1 aliphatic heterocycles. The molecular formula is C17H28ClNO2. The first-order chi connectivity index (χ1) is 9.65. The van der Waals surface area contributed by atoms with Crippen molar-refractivity contribution in [1.29, 1.82) is 0 Å². The summed E-state index contributed by atoms with van der Waals surface area (Å²) in [4.78, 5) is 2.43. The van der Waals surface area contributed by atoms with Crippen LogP contribution in [0.15, 0.2) is 24.3 Å². The first-order valence-electron chi connectivity index (χ1n) is 7.77. The van der Waals surface area contributed by atoms with Crippen molar-refractivity contribution in [3.8, 4) is 0 Å². The Balaban J connectivity index is 0.00000220. The average molecular weight is 314 g/mol. The maximum Gasteiger partial charge on any atom is 0.0923 e. The number of aryl methyl sites for hydroxylation is 1. The summed E-state index contributed by atoms with van der Waals surface area (Å²) in [5, 5.41) is 19.7. The zero-order chi connectivity index (χ0) is 14.4. The number of nitrogens with zero attached hydrogens (tertiary/aromatic N) is 1. The van der Waals surface area contributed by atoms with Gasteiger partial charge in [-0.15, -0.1) is 12.4 Å². The highest BCUT2D eigenvalue weighted by molar-refractivity contribution is 5.85. The zero-order valence-corrected chi connectivity index (χ0v) is 13.7. The molecule has 1 heterocycles. The van der Waals surface area contributed by atoms with Gasteiger partial charge in [-0.1, -0.05) is 24.3 Å². The number of hydrogen-bond donors (Lipinski definition) is 2. The van der Waals surface area contributed by atoms with Crippen LogP contribution in [0.2, 0.25) is 0 Å². The van der Waals surface area contributed by atoms with E-state index in [0.29, 0.717) is 6.61 Å². The number of hydrogen-bond acceptors (Lipinski definition) is 3. The summed E-state index contributed by atoms with van der Waals surface area (Å²) in [6.45, 7) is 5.39. The van der Waals surface area contributed by atoms with Gasteiger partial charge in [-0.3, -0.25) is 0 Å². The normalized spacial score (nSPS) is 18.2. The van der Waals surface area contributed by atoms with E-state index in [0.717, 1.165) is 57.3 Å². The molecule has 0 aromatic heterocycles. The molecule has 1 aliphatic rings. The standard InChI is InChI=1S/C17H27NO2.ClH/c1-15-7-3-4-8-16(15)17(20)9-12-18(13-10-17)11-5-2-6-14-19;/h3-4,7-8,19-20H,2,5-6,9-14H2,1H3;1H. The highest BCUT2D eigenvalue weighted by Gasteiger charge is 2.34. The molecule has 120 valence electrons. The monoisotopic (exact) mass is 313 g/mol. The molecule has 1 aromatic carbocycles. The predicted octanol–water partition coefficient (Wildman–Crippen LogP) is 2.86. The molecule has 1 fully saturated rings. The summed E-state index contributed by atoms with van der Waals surface area (Å²) in [7, 11) is 0. The number of rotatable bonds is 6. The fraction of sp³-hybridized carbons (Fsp3) is 0.647. The number of halogens is 1. The maximum absolute atomic E-state index is 10.9. The molecule has 2 rings (SSSR count). The Bertz CT molecular complexity index is 417. The van der Waals surface area contributed by atoms with Crippen LogP contribution in [0, 0.1) is 6.92 Å². The molecule has 3 nitrogen and oxygen atoms in total. The molecule has 1 saturated heterocycles. The van der Waals surface area contributed by atoms with Crippen LogP contribution in [0.25, 0.3) is 0 Å².